The Labute approximate surface area is 214 Å². The average Bonchev–Trinajstić information content (AvgIpc) is 2.91. The number of alkyl halides is 3. The quantitative estimate of drug-likeness (QED) is 0.377. The predicted octanol–water partition coefficient (Wildman–Crippen LogP) is 2.63. The Balaban J connectivity index is 1.49. The average molecular weight is 530 g/mol. The molecule has 1 fully saturated rings. The number of allylic oxidation sites excluding steroid dienone is 2. The molecular formula is C24H26BF3N6O2S. The van der Waals surface area contributed by atoms with Gasteiger partial charge in [0.15, 0.2) is 0 Å². The Morgan fingerprint density at radius 2 is 2.00 bits per heavy atom. The van der Waals surface area contributed by atoms with Gasteiger partial charge in [-0.15, -0.1) is 0 Å². The van der Waals surface area contributed by atoms with Gasteiger partial charge in [-0.1, -0.05) is 12.1 Å². The lowest BCUT2D eigenvalue weighted by Gasteiger charge is -2.32. The number of piperidine rings is 1. The third kappa shape index (κ3) is 6.28. The first-order valence-electron chi connectivity index (χ1n) is 11.7. The molecule has 0 unspecified atom stereocenters. The van der Waals surface area contributed by atoms with Gasteiger partial charge in [0.2, 0.25) is 10.0 Å². The van der Waals surface area contributed by atoms with Gasteiger partial charge in [0, 0.05) is 55.9 Å². The van der Waals surface area contributed by atoms with Crippen molar-refractivity contribution in [3.63, 3.8) is 0 Å². The number of pyridine rings is 1. The Morgan fingerprint density at radius 1 is 1.24 bits per heavy atom. The summed E-state index contributed by atoms with van der Waals surface area (Å²) in [6, 6.07) is 7.62. The molecule has 0 amide bonds. The number of rotatable bonds is 7. The van der Waals surface area contributed by atoms with E-state index in [-0.39, 0.29) is 23.9 Å². The van der Waals surface area contributed by atoms with E-state index in [1.165, 1.54) is 16.6 Å². The van der Waals surface area contributed by atoms with E-state index in [1.807, 2.05) is 18.2 Å². The van der Waals surface area contributed by atoms with Crippen LogP contribution >= 0.6 is 0 Å². The van der Waals surface area contributed by atoms with Crippen LogP contribution in [0.15, 0.2) is 81.9 Å². The second kappa shape index (κ2) is 10.9. The standard InChI is InChI=1S/C24H26BF3N6O2S/c25-20(13-29)23-32-21(12-22(33-23)31-15-16-3-2-8-30-14-16)17-6-9-34(10-7-17)37(35,36)19-5-1-4-18(11-19)24(26,27)28/h1-5,8,11-14,17,29,31,33H,6-7,9-10,15,25H2/b23-20+,29-13?. The molecule has 2 aliphatic heterocycles. The lowest BCUT2D eigenvalue weighted by Crippen LogP contribution is -2.41. The molecule has 0 atom stereocenters. The maximum absolute atomic E-state index is 13.1. The number of hydrogen-bond donors (Lipinski definition) is 3. The van der Waals surface area contributed by atoms with Gasteiger partial charge in [0.1, 0.15) is 19.5 Å². The van der Waals surface area contributed by atoms with Crippen molar-refractivity contribution in [3.05, 3.63) is 83.1 Å². The van der Waals surface area contributed by atoms with E-state index in [2.05, 4.69) is 20.6 Å². The van der Waals surface area contributed by atoms with Gasteiger partial charge >= 0.3 is 6.18 Å². The predicted molar refractivity (Wildman–Crippen MR) is 137 cm³/mol. The van der Waals surface area contributed by atoms with Crippen LogP contribution in [0.1, 0.15) is 24.0 Å². The molecule has 2 aromatic rings. The summed E-state index contributed by atoms with van der Waals surface area (Å²) in [5.41, 5.74) is 1.37. The van der Waals surface area contributed by atoms with Crippen molar-refractivity contribution in [1.29, 1.82) is 5.41 Å². The molecule has 4 rings (SSSR count). The van der Waals surface area contributed by atoms with E-state index in [1.54, 1.807) is 20.2 Å². The molecule has 1 saturated heterocycles. The minimum Gasteiger partial charge on any atom is -0.367 e. The molecule has 37 heavy (non-hydrogen) atoms. The van der Waals surface area contributed by atoms with Crippen LogP contribution in [-0.4, -0.2) is 50.6 Å². The fourth-order valence-corrected chi connectivity index (χ4v) is 5.65. The van der Waals surface area contributed by atoms with E-state index >= 15 is 0 Å². The largest absolute Gasteiger partial charge is 0.416 e. The van der Waals surface area contributed by atoms with Crippen molar-refractivity contribution in [1.82, 2.24) is 19.9 Å². The number of nitrogens with one attached hydrogen (secondary N) is 3. The Bertz CT molecular complexity index is 1350. The van der Waals surface area contributed by atoms with Crippen LogP contribution in [0.5, 0.6) is 0 Å². The summed E-state index contributed by atoms with van der Waals surface area (Å²) in [6.07, 6.45) is 2.82. The molecule has 8 nitrogen and oxygen atoms in total. The van der Waals surface area contributed by atoms with Crippen molar-refractivity contribution in [2.45, 2.75) is 30.5 Å². The maximum atomic E-state index is 13.1. The number of hydrogen-bond acceptors (Lipinski definition) is 7. The Kier molecular flexibility index (Phi) is 7.83. The summed E-state index contributed by atoms with van der Waals surface area (Å²) in [7, 11) is -2.30. The van der Waals surface area contributed by atoms with Crippen LogP contribution in [-0.2, 0) is 22.7 Å². The topological polar surface area (TPSA) is 111 Å². The van der Waals surface area contributed by atoms with E-state index in [0.717, 1.165) is 23.4 Å². The van der Waals surface area contributed by atoms with Gasteiger partial charge in [-0.3, -0.25) is 4.98 Å². The van der Waals surface area contributed by atoms with Crippen molar-refractivity contribution in [2.75, 3.05) is 13.1 Å². The Morgan fingerprint density at radius 3 is 2.65 bits per heavy atom. The molecule has 1 aromatic carbocycles. The SMILES string of the molecule is B/C(C=N)=C1\N=C(C2CCN(S(=O)(=O)c3cccc(C(F)(F)F)c3)CC2)C=C(NCc2cccnc2)N1. The van der Waals surface area contributed by atoms with Crippen LogP contribution < -0.4 is 10.6 Å². The number of nitrogens with zero attached hydrogens (tertiary/aromatic N) is 3. The molecule has 3 heterocycles. The first-order chi connectivity index (χ1) is 17.6. The van der Waals surface area contributed by atoms with E-state index in [0.29, 0.717) is 42.6 Å². The van der Waals surface area contributed by atoms with Gasteiger partial charge < -0.3 is 16.0 Å². The molecule has 13 heteroatoms. The molecule has 2 aliphatic rings. The summed E-state index contributed by atoms with van der Waals surface area (Å²) >= 11 is 0. The van der Waals surface area contributed by atoms with Crippen LogP contribution in [0.4, 0.5) is 13.2 Å². The zero-order valence-electron chi connectivity index (χ0n) is 20.1. The fraction of sp³-hybridized carbons (Fsp3) is 0.292. The molecule has 0 bridgehead atoms. The van der Waals surface area contributed by atoms with E-state index in [4.69, 9.17) is 5.41 Å². The number of halogens is 3. The number of sulfonamides is 1. The molecule has 0 aliphatic carbocycles. The highest BCUT2D eigenvalue weighted by Crippen LogP contribution is 2.32. The molecule has 0 saturated carbocycles. The minimum absolute atomic E-state index is 0.0567. The van der Waals surface area contributed by atoms with E-state index in [9.17, 15) is 21.6 Å². The first kappa shape index (κ1) is 26.6. The maximum Gasteiger partial charge on any atom is 0.416 e. The minimum atomic E-state index is -4.62. The van der Waals surface area contributed by atoms with Crippen LogP contribution in [0.25, 0.3) is 0 Å². The van der Waals surface area contributed by atoms with Crippen molar-refractivity contribution in [2.24, 2.45) is 10.9 Å². The lowest BCUT2D eigenvalue weighted by atomic mass is 9.91. The first-order valence-corrected chi connectivity index (χ1v) is 13.1. The normalized spacial score (nSPS) is 18.9. The fourth-order valence-electron chi connectivity index (χ4n) is 4.13. The number of benzene rings is 1. The summed E-state index contributed by atoms with van der Waals surface area (Å²) in [4.78, 5) is 8.42. The smallest absolute Gasteiger partial charge is 0.367 e. The summed E-state index contributed by atoms with van der Waals surface area (Å²) < 4.78 is 66.6. The third-order valence-electron chi connectivity index (χ3n) is 6.25. The van der Waals surface area contributed by atoms with Crippen LogP contribution in [0.2, 0.25) is 0 Å². The van der Waals surface area contributed by atoms with Gasteiger partial charge in [-0.05, 0) is 48.1 Å². The zero-order chi connectivity index (χ0) is 26.6. The molecule has 1 aromatic heterocycles. The summed E-state index contributed by atoms with van der Waals surface area (Å²) in [5.74, 6) is 1.17. The Hall–Kier alpha value is -3.45. The highest BCUT2D eigenvalue weighted by atomic mass is 32.2. The third-order valence-corrected chi connectivity index (χ3v) is 8.15. The number of aliphatic imine (C=N–C) groups is 1. The van der Waals surface area contributed by atoms with Crippen LogP contribution in [0.3, 0.4) is 0 Å². The summed E-state index contributed by atoms with van der Waals surface area (Å²) in [5, 5.41) is 14.1. The molecule has 0 spiro atoms. The summed E-state index contributed by atoms with van der Waals surface area (Å²) in [6.45, 7) is 0.833. The monoisotopic (exact) mass is 530 g/mol. The van der Waals surface area contributed by atoms with Crippen molar-refractivity contribution >= 4 is 29.8 Å². The van der Waals surface area contributed by atoms with Crippen LogP contribution in [0, 0.1) is 11.3 Å². The van der Waals surface area contributed by atoms with Crippen molar-refractivity contribution < 1.29 is 21.6 Å². The number of aromatic nitrogens is 1. The molecular weight excluding hydrogens is 504 g/mol. The molecule has 3 N–H and O–H groups in total. The molecule has 194 valence electrons. The molecule has 0 radical (unpaired) electrons. The van der Waals surface area contributed by atoms with Gasteiger partial charge in [0.05, 0.1) is 10.5 Å². The highest BCUT2D eigenvalue weighted by molar-refractivity contribution is 7.89. The second-order valence-electron chi connectivity index (χ2n) is 8.81. The van der Waals surface area contributed by atoms with Gasteiger partial charge in [-0.25, -0.2) is 13.4 Å². The van der Waals surface area contributed by atoms with Gasteiger partial charge in [-0.2, -0.15) is 17.5 Å². The zero-order valence-corrected chi connectivity index (χ0v) is 20.9. The lowest BCUT2D eigenvalue weighted by molar-refractivity contribution is -0.137. The van der Waals surface area contributed by atoms with Gasteiger partial charge in [0.25, 0.3) is 0 Å². The highest BCUT2D eigenvalue weighted by Gasteiger charge is 2.35. The van der Waals surface area contributed by atoms with E-state index < -0.39 is 21.8 Å². The second-order valence-corrected chi connectivity index (χ2v) is 10.8. The van der Waals surface area contributed by atoms with Crippen molar-refractivity contribution in [3.8, 4) is 0 Å².